The Morgan fingerprint density at radius 3 is 2.73 bits per heavy atom. The summed E-state index contributed by atoms with van der Waals surface area (Å²) in [6.07, 6.45) is 4.97. The first-order chi connectivity index (χ1) is 7.34. The largest absolute Gasteiger partial charge is 0.378 e. The monoisotopic (exact) mass is 219 g/mol. The number of nitrogens with zero attached hydrogens (tertiary/aromatic N) is 2. The summed E-state index contributed by atoms with van der Waals surface area (Å²) in [5, 5.41) is 3.95. The topological polar surface area (TPSA) is 37.8 Å². The molecule has 0 aliphatic heterocycles. The summed E-state index contributed by atoms with van der Waals surface area (Å²) in [6, 6.07) is 7.73. The van der Waals surface area contributed by atoms with Crippen molar-refractivity contribution in [1.82, 2.24) is 9.97 Å². The van der Waals surface area contributed by atoms with Gasteiger partial charge in [0.25, 0.3) is 0 Å². The van der Waals surface area contributed by atoms with Gasteiger partial charge in [-0.25, -0.2) is 9.97 Å². The van der Waals surface area contributed by atoms with Gasteiger partial charge in [0.2, 0.25) is 0 Å². The predicted molar refractivity (Wildman–Crippen MR) is 60.8 cm³/mol. The Morgan fingerprint density at radius 2 is 2.00 bits per heavy atom. The fourth-order valence-corrected chi connectivity index (χ4v) is 1.45. The molecule has 1 aromatic carbocycles. The molecule has 0 radical (unpaired) electrons. The van der Waals surface area contributed by atoms with Crippen LogP contribution in [0.15, 0.2) is 43.0 Å². The number of rotatable bonds is 3. The smallest absolute Gasteiger partial charge is 0.115 e. The molecule has 4 heteroatoms. The summed E-state index contributed by atoms with van der Waals surface area (Å²) < 4.78 is 0. The highest BCUT2D eigenvalue weighted by Crippen LogP contribution is 2.12. The van der Waals surface area contributed by atoms with Crippen LogP contribution in [0.5, 0.6) is 0 Å². The van der Waals surface area contributed by atoms with E-state index in [0.717, 1.165) is 16.3 Å². The molecule has 0 aliphatic carbocycles. The third kappa shape index (κ3) is 2.92. The zero-order valence-electron chi connectivity index (χ0n) is 8.02. The molecule has 15 heavy (non-hydrogen) atoms. The van der Waals surface area contributed by atoms with Gasteiger partial charge in [-0.1, -0.05) is 23.7 Å². The van der Waals surface area contributed by atoms with Crippen molar-refractivity contribution in [3.05, 3.63) is 53.6 Å². The van der Waals surface area contributed by atoms with Crippen LogP contribution in [-0.2, 0) is 6.54 Å². The second-order valence-corrected chi connectivity index (χ2v) is 3.55. The van der Waals surface area contributed by atoms with Crippen molar-refractivity contribution in [1.29, 1.82) is 0 Å². The van der Waals surface area contributed by atoms with E-state index in [-0.39, 0.29) is 0 Å². The van der Waals surface area contributed by atoms with Crippen LogP contribution in [0.4, 0.5) is 5.69 Å². The molecule has 0 amide bonds. The van der Waals surface area contributed by atoms with Crippen molar-refractivity contribution < 1.29 is 0 Å². The van der Waals surface area contributed by atoms with Gasteiger partial charge in [-0.3, -0.25) is 0 Å². The van der Waals surface area contributed by atoms with Gasteiger partial charge < -0.3 is 5.32 Å². The Balaban J connectivity index is 1.99. The minimum Gasteiger partial charge on any atom is -0.378 e. The van der Waals surface area contributed by atoms with E-state index in [1.807, 2.05) is 24.3 Å². The lowest BCUT2D eigenvalue weighted by Gasteiger charge is -2.05. The molecule has 0 spiro atoms. The minimum absolute atomic E-state index is 0.716. The highest BCUT2D eigenvalue weighted by molar-refractivity contribution is 6.30. The molecule has 1 heterocycles. The van der Waals surface area contributed by atoms with Gasteiger partial charge in [0.05, 0.1) is 18.1 Å². The SMILES string of the molecule is Clc1cccc(CNc2cncnc2)c1. The molecule has 2 rings (SSSR count). The summed E-state index contributed by atoms with van der Waals surface area (Å²) in [4.78, 5) is 7.83. The second-order valence-electron chi connectivity index (χ2n) is 3.11. The lowest BCUT2D eigenvalue weighted by atomic mass is 10.2. The maximum absolute atomic E-state index is 5.87. The Labute approximate surface area is 93.1 Å². The van der Waals surface area contributed by atoms with E-state index in [1.165, 1.54) is 6.33 Å². The van der Waals surface area contributed by atoms with E-state index in [9.17, 15) is 0 Å². The fraction of sp³-hybridized carbons (Fsp3) is 0.0909. The molecular formula is C11H10ClN3. The first kappa shape index (κ1) is 9.93. The van der Waals surface area contributed by atoms with Gasteiger partial charge in [0.15, 0.2) is 0 Å². The molecule has 0 bridgehead atoms. The number of hydrogen-bond donors (Lipinski definition) is 1. The molecule has 0 aliphatic rings. The standard InChI is InChI=1S/C11H10ClN3/c12-10-3-1-2-9(4-10)5-15-11-6-13-8-14-7-11/h1-4,6-8,15H,5H2. The zero-order chi connectivity index (χ0) is 10.5. The lowest BCUT2D eigenvalue weighted by Crippen LogP contribution is -1.99. The number of benzene rings is 1. The fourth-order valence-electron chi connectivity index (χ4n) is 1.24. The summed E-state index contributed by atoms with van der Waals surface area (Å²) in [6.45, 7) is 0.716. The van der Waals surface area contributed by atoms with Crippen LogP contribution < -0.4 is 5.32 Å². The van der Waals surface area contributed by atoms with Crippen LogP contribution in [-0.4, -0.2) is 9.97 Å². The van der Waals surface area contributed by atoms with Crippen molar-refractivity contribution in [2.24, 2.45) is 0 Å². The van der Waals surface area contributed by atoms with Gasteiger partial charge in [0, 0.05) is 11.6 Å². The van der Waals surface area contributed by atoms with E-state index in [0.29, 0.717) is 6.54 Å². The first-order valence-corrected chi connectivity index (χ1v) is 4.96. The number of halogens is 1. The highest BCUT2D eigenvalue weighted by atomic mass is 35.5. The van der Waals surface area contributed by atoms with Crippen molar-refractivity contribution >= 4 is 17.3 Å². The molecule has 0 saturated carbocycles. The van der Waals surface area contributed by atoms with E-state index in [2.05, 4.69) is 15.3 Å². The molecule has 0 atom stereocenters. The Hall–Kier alpha value is -1.61. The van der Waals surface area contributed by atoms with Crippen molar-refractivity contribution in [2.75, 3.05) is 5.32 Å². The second kappa shape index (κ2) is 4.75. The van der Waals surface area contributed by atoms with Crippen molar-refractivity contribution in [2.45, 2.75) is 6.54 Å². The zero-order valence-corrected chi connectivity index (χ0v) is 8.78. The van der Waals surface area contributed by atoms with Gasteiger partial charge in [-0.05, 0) is 17.7 Å². The Kier molecular flexibility index (Phi) is 3.15. The van der Waals surface area contributed by atoms with Crippen LogP contribution in [0.2, 0.25) is 5.02 Å². The molecule has 0 unspecified atom stereocenters. The number of hydrogen-bond acceptors (Lipinski definition) is 3. The van der Waals surface area contributed by atoms with Gasteiger partial charge >= 0.3 is 0 Å². The third-order valence-corrected chi connectivity index (χ3v) is 2.18. The summed E-state index contributed by atoms with van der Waals surface area (Å²) in [5.41, 5.74) is 2.03. The highest BCUT2D eigenvalue weighted by Gasteiger charge is 1.94. The average molecular weight is 220 g/mol. The molecule has 0 saturated heterocycles. The number of aromatic nitrogens is 2. The van der Waals surface area contributed by atoms with E-state index < -0.39 is 0 Å². The van der Waals surface area contributed by atoms with Gasteiger partial charge in [-0.15, -0.1) is 0 Å². The van der Waals surface area contributed by atoms with Gasteiger partial charge in [-0.2, -0.15) is 0 Å². The van der Waals surface area contributed by atoms with Crippen LogP contribution in [0.25, 0.3) is 0 Å². The normalized spacial score (nSPS) is 9.93. The predicted octanol–water partition coefficient (Wildman–Crippen LogP) is 2.74. The minimum atomic E-state index is 0.716. The summed E-state index contributed by atoms with van der Waals surface area (Å²) >= 11 is 5.87. The van der Waals surface area contributed by atoms with E-state index in [4.69, 9.17) is 11.6 Å². The average Bonchev–Trinajstić information content (AvgIpc) is 2.28. The lowest BCUT2D eigenvalue weighted by molar-refractivity contribution is 1.10. The maximum atomic E-state index is 5.87. The Bertz CT molecular complexity index is 431. The number of nitrogens with one attached hydrogen (secondary N) is 1. The first-order valence-electron chi connectivity index (χ1n) is 4.58. The molecule has 0 fully saturated rings. The molecular weight excluding hydrogens is 210 g/mol. The van der Waals surface area contributed by atoms with Crippen LogP contribution in [0, 0.1) is 0 Å². The van der Waals surface area contributed by atoms with E-state index in [1.54, 1.807) is 12.4 Å². The van der Waals surface area contributed by atoms with Crippen molar-refractivity contribution in [3.8, 4) is 0 Å². The molecule has 2 aromatic rings. The van der Waals surface area contributed by atoms with E-state index >= 15 is 0 Å². The summed E-state index contributed by atoms with van der Waals surface area (Å²) in [5.74, 6) is 0. The third-order valence-electron chi connectivity index (χ3n) is 1.95. The molecule has 1 aromatic heterocycles. The summed E-state index contributed by atoms with van der Waals surface area (Å²) in [7, 11) is 0. The number of anilines is 1. The van der Waals surface area contributed by atoms with Crippen molar-refractivity contribution in [3.63, 3.8) is 0 Å². The maximum Gasteiger partial charge on any atom is 0.115 e. The quantitative estimate of drug-likeness (QED) is 0.863. The molecule has 3 nitrogen and oxygen atoms in total. The molecule has 76 valence electrons. The Morgan fingerprint density at radius 1 is 1.20 bits per heavy atom. The van der Waals surface area contributed by atoms with Gasteiger partial charge in [0.1, 0.15) is 6.33 Å². The van der Waals surface area contributed by atoms with Crippen LogP contribution in [0.1, 0.15) is 5.56 Å². The van der Waals surface area contributed by atoms with Crippen LogP contribution >= 0.6 is 11.6 Å². The molecule has 1 N–H and O–H groups in total. The van der Waals surface area contributed by atoms with Crippen LogP contribution in [0.3, 0.4) is 0 Å².